The fourth-order valence-electron chi connectivity index (χ4n) is 2.29. The molecule has 1 heterocycles. The minimum Gasteiger partial charge on any atom is -0.344 e. The molecule has 0 spiro atoms. The van der Waals surface area contributed by atoms with Crippen molar-refractivity contribution in [1.82, 2.24) is 4.90 Å². The predicted octanol–water partition coefficient (Wildman–Crippen LogP) is -1.43. The Bertz CT molecular complexity index is 600. The molecule has 7 nitrogen and oxygen atoms in total. The Morgan fingerprint density at radius 2 is 1.95 bits per heavy atom. The van der Waals surface area contributed by atoms with E-state index in [1.165, 1.54) is 9.80 Å². The number of hydrogen-bond donors (Lipinski definition) is 2. The number of benzene rings is 1. The molecule has 0 aliphatic carbocycles. The number of likely N-dealkylation sites (N-methyl/N-ethyl adjacent to an activating group) is 2. The number of carbonyl (C=O) groups is 3. The van der Waals surface area contributed by atoms with Gasteiger partial charge in [0.1, 0.15) is 6.54 Å². The van der Waals surface area contributed by atoms with E-state index in [0.29, 0.717) is 11.4 Å². The van der Waals surface area contributed by atoms with Crippen LogP contribution in [0.5, 0.6) is 0 Å². The third kappa shape index (κ3) is 3.62. The number of rotatable bonds is 4. The van der Waals surface area contributed by atoms with Crippen molar-refractivity contribution in [2.24, 2.45) is 0 Å². The zero-order chi connectivity index (χ0) is 16.3. The topological polar surface area (TPSA) is 74.2 Å². The smallest absolute Gasteiger partial charge is 0.282 e. The summed E-state index contributed by atoms with van der Waals surface area (Å²) >= 11 is 0. The summed E-state index contributed by atoms with van der Waals surface area (Å²) in [5.41, 5.74) is 1.33. The van der Waals surface area contributed by atoms with E-state index in [1.54, 1.807) is 39.3 Å². The first-order chi connectivity index (χ1) is 10.4. The summed E-state index contributed by atoms with van der Waals surface area (Å²) < 4.78 is 0. The molecule has 0 aromatic heterocycles. The van der Waals surface area contributed by atoms with Crippen molar-refractivity contribution in [1.29, 1.82) is 0 Å². The van der Waals surface area contributed by atoms with Gasteiger partial charge >= 0.3 is 0 Å². The molecule has 3 amide bonds. The summed E-state index contributed by atoms with van der Waals surface area (Å²) in [6.45, 7) is 0.395. The Kier molecular flexibility index (Phi) is 4.77. The van der Waals surface area contributed by atoms with Crippen LogP contribution in [0.15, 0.2) is 24.3 Å². The van der Waals surface area contributed by atoms with E-state index in [9.17, 15) is 14.4 Å². The molecular formula is C15H21N4O3+. The molecule has 0 fully saturated rings. The first kappa shape index (κ1) is 16.0. The fourth-order valence-corrected chi connectivity index (χ4v) is 2.29. The quantitative estimate of drug-likeness (QED) is 0.717. The second-order valence-corrected chi connectivity index (χ2v) is 5.64. The van der Waals surface area contributed by atoms with Crippen molar-refractivity contribution in [2.45, 2.75) is 0 Å². The minimum absolute atomic E-state index is 0.00472. The maximum atomic E-state index is 12.5. The molecule has 118 valence electrons. The SMILES string of the molecule is CN(C)C(=O)C[NH+](C)CC(=O)N1CC(=O)Nc2ccccc21. The van der Waals surface area contributed by atoms with Crippen LogP contribution in [0.25, 0.3) is 0 Å². The first-order valence-electron chi connectivity index (χ1n) is 7.09. The van der Waals surface area contributed by atoms with Crippen molar-refractivity contribution in [2.75, 3.05) is 51.0 Å². The molecule has 1 aliphatic heterocycles. The Morgan fingerprint density at radius 3 is 2.64 bits per heavy atom. The highest BCUT2D eigenvalue weighted by atomic mass is 16.2. The van der Waals surface area contributed by atoms with Gasteiger partial charge in [-0.3, -0.25) is 19.3 Å². The number of carbonyl (C=O) groups excluding carboxylic acids is 3. The Morgan fingerprint density at radius 1 is 1.27 bits per heavy atom. The monoisotopic (exact) mass is 305 g/mol. The van der Waals surface area contributed by atoms with Crippen LogP contribution in [-0.4, -0.2) is 63.4 Å². The van der Waals surface area contributed by atoms with Gasteiger partial charge in [0, 0.05) is 14.1 Å². The van der Waals surface area contributed by atoms with Crippen LogP contribution in [0.4, 0.5) is 11.4 Å². The van der Waals surface area contributed by atoms with Crippen molar-refractivity contribution in [3.63, 3.8) is 0 Å². The number of nitrogens with zero attached hydrogens (tertiary/aromatic N) is 2. The van der Waals surface area contributed by atoms with Crippen LogP contribution in [0, 0.1) is 0 Å². The summed E-state index contributed by atoms with van der Waals surface area (Å²) in [4.78, 5) is 39.6. The van der Waals surface area contributed by atoms with E-state index < -0.39 is 0 Å². The van der Waals surface area contributed by atoms with E-state index in [4.69, 9.17) is 0 Å². The normalized spacial score (nSPS) is 14.9. The predicted molar refractivity (Wildman–Crippen MR) is 82.7 cm³/mol. The van der Waals surface area contributed by atoms with Gasteiger partial charge in [0.05, 0.1) is 18.4 Å². The van der Waals surface area contributed by atoms with E-state index >= 15 is 0 Å². The van der Waals surface area contributed by atoms with Crippen LogP contribution in [0.1, 0.15) is 0 Å². The minimum atomic E-state index is -0.214. The van der Waals surface area contributed by atoms with E-state index in [1.807, 2.05) is 6.07 Å². The van der Waals surface area contributed by atoms with Crippen LogP contribution < -0.4 is 15.1 Å². The van der Waals surface area contributed by atoms with Crippen LogP contribution >= 0.6 is 0 Å². The highest BCUT2D eigenvalue weighted by Gasteiger charge is 2.28. The molecule has 0 saturated carbocycles. The molecule has 0 saturated heterocycles. The highest BCUT2D eigenvalue weighted by Crippen LogP contribution is 2.28. The van der Waals surface area contributed by atoms with Gasteiger partial charge in [0.2, 0.25) is 5.91 Å². The third-order valence-corrected chi connectivity index (χ3v) is 3.48. The lowest BCUT2D eigenvalue weighted by atomic mass is 10.2. The Balaban J connectivity index is 2.07. The van der Waals surface area contributed by atoms with Gasteiger partial charge in [-0.05, 0) is 12.1 Å². The number of quaternary nitrogens is 1. The molecule has 7 heteroatoms. The summed E-state index contributed by atoms with van der Waals surface area (Å²) in [6.07, 6.45) is 0. The Labute approximate surface area is 129 Å². The maximum absolute atomic E-state index is 12.5. The highest BCUT2D eigenvalue weighted by molar-refractivity contribution is 6.10. The molecule has 1 atom stereocenters. The number of fused-ring (bicyclic) bond motifs is 1. The molecule has 2 N–H and O–H groups in total. The number of anilines is 2. The third-order valence-electron chi connectivity index (χ3n) is 3.48. The molecule has 22 heavy (non-hydrogen) atoms. The molecule has 2 rings (SSSR count). The second kappa shape index (κ2) is 6.57. The van der Waals surface area contributed by atoms with Gasteiger partial charge in [-0.2, -0.15) is 0 Å². The van der Waals surface area contributed by atoms with Crippen molar-refractivity contribution >= 4 is 29.1 Å². The zero-order valence-electron chi connectivity index (χ0n) is 13.0. The van der Waals surface area contributed by atoms with Gasteiger partial charge in [-0.15, -0.1) is 0 Å². The van der Waals surface area contributed by atoms with Crippen molar-refractivity contribution in [3.8, 4) is 0 Å². The van der Waals surface area contributed by atoms with Crippen LogP contribution in [-0.2, 0) is 14.4 Å². The summed E-state index contributed by atoms with van der Waals surface area (Å²) in [7, 11) is 5.15. The molecular weight excluding hydrogens is 284 g/mol. The van der Waals surface area contributed by atoms with Gasteiger partial charge in [0.25, 0.3) is 11.8 Å². The van der Waals surface area contributed by atoms with Crippen LogP contribution in [0.3, 0.4) is 0 Å². The lowest BCUT2D eigenvalue weighted by Crippen LogP contribution is -3.11. The molecule has 1 aromatic rings. The average Bonchev–Trinajstić information content (AvgIpc) is 2.45. The number of para-hydroxylation sites is 2. The number of nitrogens with one attached hydrogen (secondary N) is 2. The van der Waals surface area contributed by atoms with E-state index in [0.717, 1.165) is 4.90 Å². The lowest BCUT2D eigenvalue weighted by Gasteiger charge is -2.29. The average molecular weight is 305 g/mol. The van der Waals surface area contributed by atoms with E-state index in [-0.39, 0.29) is 37.4 Å². The van der Waals surface area contributed by atoms with Gasteiger partial charge in [-0.1, -0.05) is 12.1 Å². The van der Waals surface area contributed by atoms with E-state index in [2.05, 4.69) is 5.32 Å². The number of amides is 3. The lowest BCUT2D eigenvalue weighted by molar-refractivity contribution is -0.862. The first-order valence-corrected chi connectivity index (χ1v) is 7.09. The summed E-state index contributed by atoms with van der Waals surface area (Å²) in [5, 5.41) is 2.74. The standard InChI is InChI=1S/C15H20N4O3/c1-17(2)14(21)9-18(3)10-15(22)19-8-13(20)16-11-6-4-5-7-12(11)19/h4-7H,8-10H2,1-3H3,(H,16,20)/p+1. The molecule has 1 aliphatic rings. The molecule has 0 bridgehead atoms. The van der Waals surface area contributed by atoms with Crippen molar-refractivity contribution < 1.29 is 19.3 Å². The van der Waals surface area contributed by atoms with Gasteiger partial charge in [0.15, 0.2) is 13.1 Å². The van der Waals surface area contributed by atoms with Gasteiger partial charge in [-0.25, -0.2) is 0 Å². The summed E-state index contributed by atoms with van der Waals surface area (Å²) in [6, 6.07) is 7.19. The zero-order valence-corrected chi connectivity index (χ0v) is 13.0. The fraction of sp³-hybridized carbons (Fsp3) is 0.400. The second-order valence-electron chi connectivity index (χ2n) is 5.64. The number of hydrogen-bond acceptors (Lipinski definition) is 3. The molecule has 0 radical (unpaired) electrons. The van der Waals surface area contributed by atoms with Gasteiger partial charge < -0.3 is 15.1 Å². The molecule has 1 aromatic carbocycles. The van der Waals surface area contributed by atoms with Crippen LogP contribution in [0.2, 0.25) is 0 Å². The Hall–Kier alpha value is -2.41. The maximum Gasteiger partial charge on any atom is 0.282 e. The summed E-state index contributed by atoms with van der Waals surface area (Å²) in [5.74, 6) is -0.428. The molecule has 1 unspecified atom stereocenters. The largest absolute Gasteiger partial charge is 0.344 e. The van der Waals surface area contributed by atoms with Crippen molar-refractivity contribution in [3.05, 3.63) is 24.3 Å².